The van der Waals surface area contributed by atoms with Gasteiger partial charge in [-0.3, -0.25) is 14.5 Å². The zero-order chi connectivity index (χ0) is 18.0. The van der Waals surface area contributed by atoms with E-state index in [4.69, 9.17) is 0 Å². The first-order chi connectivity index (χ1) is 12.0. The van der Waals surface area contributed by atoms with Crippen LogP contribution in [0.2, 0.25) is 0 Å². The molecule has 25 heavy (non-hydrogen) atoms. The Morgan fingerprint density at radius 1 is 1.24 bits per heavy atom. The summed E-state index contributed by atoms with van der Waals surface area (Å²) in [5.41, 5.74) is 0.319. The fourth-order valence-electron chi connectivity index (χ4n) is 3.87. The molecule has 2 heterocycles. The van der Waals surface area contributed by atoms with E-state index in [0.29, 0.717) is 18.7 Å². The number of carbonyl (C=O) groups is 2. The lowest BCUT2D eigenvalue weighted by Crippen LogP contribution is -2.49. The molecule has 1 aromatic rings. The number of piperidine rings is 1. The first-order valence-electron chi connectivity index (χ1n) is 9.04. The molecule has 136 valence electrons. The molecule has 0 N–H and O–H groups in total. The smallest absolute Gasteiger partial charge is 0.244 e. The lowest BCUT2D eigenvalue weighted by Gasteiger charge is -2.35. The summed E-state index contributed by atoms with van der Waals surface area (Å²) >= 11 is 0. The highest BCUT2D eigenvalue weighted by Gasteiger charge is 2.37. The molecule has 0 radical (unpaired) electrons. The lowest BCUT2D eigenvalue weighted by molar-refractivity contribution is -0.136. The average molecular weight is 347 g/mol. The van der Waals surface area contributed by atoms with E-state index >= 15 is 0 Å². The zero-order valence-corrected chi connectivity index (χ0v) is 14.9. The first-order valence-corrected chi connectivity index (χ1v) is 9.04. The molecule has 2 fully saturated rings. The standard InChI is InChI=1S/C19H26FN3O2/c1-14-7-5-6-11-22(14)18(24)13-21(2)17-10-12-23(19(17)25)16-9-4-3-8-15(16)20/h3-4,8-9,14,17H,5-7,10-13H2,1-2H3. The maximum Gasteiger partial charge on any atom is 0.244 e. The minimum absolute atomic E-state index is 0.0758. The number of hydrogen-bond acceptors (Lipinski definition) is 3. The Bertz CT molecular complexity index is 651. The molecule has 0 bridgehead atoms. The maximum absolute atomic E-state index is 14.0. The van der Waals surface area contributed by atoms with Gasteiger partial charge in [0.05, 0.1) is 18.3 Å². The summed E-state index contributed by atoms with van der Waals surface area (Å²) in [6.45, 7) is 3.58. The Morgan fingerprint density at radius 2 is 2.00 bits per heavy atom. The van der Waals surface area contributed by atoms with Gasteiger partial charge in [0.25, 0.3) is 0 Å². The number of anilines is 1. The van der Waals surface area contributed by atoms with Crippen LogP contribution in [0.1, 0.15) is 32.6 Å². The molecule has 2 aliphatic rings. The number of nitrogens with zero attached hydrogens (tertiary/aromatic N) is 3. The van der Waals surface area contributed by atoms with Crippen LogP contribution in [0.3, 0.4) is 0 Å². The van der Waals surface area contributed by atoms with Gasteiger partial charge in [0, 0.05) is 19.1 Å². The molecule has 2 saturated heterocycles. The second kappa shape index (κ2) is 7.52. The van der Waals surface area contributed by atoms with Crippen LogP contribution in [0.5, 0.6) is 0 Å². The van der Waals surface area contributed by atoms with Crippen LogP contribution in [0.4, 0.5) is 10.1 Å². The Morgan fingerprint density at radius 3 is 2.72 bits per heavy atom. The molecule has 0 aliphatic carbocycles. The van der Waals surface area contributed by atoms with Crippen LogP contribution in [-0.4, -0.2) is 60.4 Å². The first kappa shape index (κ1) is 17.9. The second-order valence-electron chi connectivity index (χ2n) is 7.09. The van der Waals surface area contributed by atoms with Crippen molar-refractivity contribution >= 4 is 17.5 Å². The summed E-state index contributed by atoms with van der Waals surface area (Å²) in [5, 5.41) is 0. The molecule has 2 atom stereocenters. The summed E-state index contributed by atoms with van der Waals surface area (Å²) in [5.74, 6) is -0.448. The molecular formula is C19H26FN3O2. The van der Waals surface area contributed by atoms with Crippen LogP contribution in [0.25, 0.3) is 0 Å². The van der Waals surface area contributed by atoms with E-state index in [1.54, 1.807) is 25.2 Å². The number of likely N-dealkylation sites (tertiary alicyclic amines) is 1. The average Bonchev–Trinajstić information content (AvgIpc) is 2.97. The molecule has 2 amide bonds. The summed E-state index contributed by atoms with van der Waals surface area (Å²) in [7, 11) is 1.81. The van der Waals surface area contributed by atoms with Gasteiger partial charge in [-0.1, -0.05) is 12.1 Å². The third kappa shape index (κ3) is 3.68. The number of likely N-dealkylation sites (N-methyl/N-ethyl adjacent to an activating group) is 1. The van der Waals surface area contributed by atoms with Gasteiger partial charge in [0.15, 0.2) is 0 Å². The Balaban J connectivity index is 1.63. The molecule has 5 nitrogen and oxygen atoms in total. The fraction of sp³-hybridized carbons (Fsp3) is 0.579. The lowest BCUT2D eigenvalue weighted by atomic mass is 10.0. The van der Waals surface area contributed by atoms with Gasteiger partial charge in [0.1, 0.15) is 5.82 Å². The Kier molecular flexibility index (Phi) is 5.37. The van der Waals surface area contributed by atoms with E-state index in [-0.39, 0.29) is 30.4 Å². The molecule has 0 aromatic heterocycles. The van der Waals surface area contributed by atoms with Gasteiger partial charge in [-0.25, -0.2) is 4.39 Å². The van der Waals surface area contributed by atoms with Crippen LogP contribution < -0.4 is 4.90 Å². The molecule has 2 aliphatic heterocycles. The second-order valence-corrected chi connectivity index (χ2v) is 7.09. The van der Waals surface area contributed by atoms with E-state index in [2.05, 4.69) is 6.92 Å². The molecular weight excluding hydrogens is 321 g/mol. The number of para-hydroxylation sites is 1. The van der Waals surface area contributed by atoms with Crippen LogP contribution in [-0.2, 0) is 9.59 Å². The fourth-order valence-corrected chi connectivity index (χ4v) is 3.87. The monoisotopic (exact) mass is 347 g/mol. The topological polar surface area (TPSA) is 43.9 Å². The largest absolute Gasteiger partial charge is 0.339 e. The van der Waals surface area contributed by atoms with Crippen LogP contribution >= 0.6 is 0 Å². The van der Waals surface area contributed by atoms with Crippen molar-refractivity contribution in [2.45, 2.75) is 44.7 Å². The number of amides is 2. The molecule has 1 aromatic carbocycles. The van der Waals surface area contributed by atoms with Gasteiger partial charge >= 0.3 is 0 Å². The highest BCUT2D eigenvalue weighted by Crippen LogP contribution is 2.26. The molecule has 3 rings (SSSR count). The molecule has 0 spiro atoms. The normalized spacial score (nSPS) is 24.2. The quantitative estimate of drug-likeness (QED) is 0.839. The summed E-state index contributed by atoms with van der Waals surface area (Å²) in [6.07, 6.45) is 3.86. The van der Waals surface area contributed by atoms with E-state index in [1.165, 1.54) is 17.4 Å². The maximum atomic E-state index is 14.0. The van der Waals surface area contributed by atoms with Gasteiger partial charge in [-0.2, -0.15) is 0 Å². The van der Waals surface area contributed by atoms with Gasteiger partial charge in [-0.15, -0.1) is 0 Å². The van der Waals surface area contributed by atoms with E-state index in [1.807, 2.05) is 9.80 Å². The highest BCUT2D eigenvalue weighted by molar-refractivity contribution is 5.99. The van der Waals surface area contributed by atoms with Crippen LogP contribution in [0.15, 0.2) is 24.3 Å². The third-order valence-corrected chi connectivity index (χ3v) is 5.36. The number of carbonyl (C=O) groups excluding carboxylic acids is 2. The van der Waals surface area contributed by atoms with Crippen molar-refractivity contribution in [3.63, 3.8) is 0 Å². The van der Waals surface area contributed by atoms with Crippen molar-refractivity contribution in [2.24, 2.45) is 0 Å². The SMILES string of the molecule is CC1CCCCN1C(=O)CN(C)C1CCN(c2ccccc2F)C1=O. The Hall–Kier alpha value is -1.95. The van der Waals surface area contributed by atoms with Gasteiger partial charge in [0.2, 0.25) is 11.8 Å². The number of rotatable bonds is 4. The number of benzene rings is 1. The molecule has 2 unspecified atom stereocenters. The predicted molar refractivity (Wildman–Crippen MR) is 94.8 cm³/mol. The summed E-state index contributed by atoms with van der Waals surface area (Å²) < 4.78 is 14.0. The van der Waals surface area contributed by atoms with Crippen LogP contribution in [0, 0.1) is 5.82 Å². The zero-order valence-electron chi connectivity index (χ0n) is 14.9. The van der Waals surface area contributed by atoms with Crippen molar-refractivity contribution in [1.29, 1.82) is 0 Å². The summed E-state index contributed by atoms with van der Waals surface area (Å²) in [6, 6.07) is 6.22. The van der Waals surface area contributed by atoms with E-state index in [0.717, 1.165) is 19.4 Å². The summed E-state index contributed by atoms with van der Waals surface area (Å²) in [4.78, 5) is 30.5. The van der Waals surface area contributed by atoms with E-state index < -0.39 is 5.82 Å². The minimum atomic E-state index is -0.391. The van der Waals surface area contributed by atoms with Crippen molar-refractivity contribution in [2.75, 3.05) is 31.6 Å². The number of halogens is 1. The predicted octanol–water partition coefficient (Wildman–Crippen LogP) is 2.26. The Labute approximate surface area is 148 Å². The third-order valence-electron chi connectivity index (χ3n) is 5.36. The van der Waals surface area contributed by atoms with Gasteiger partial charge < -0.3 is 9.80 Å². The minimum Gasteiger partial charge on any atom is -0.339 e. The molecule has 0 saturated carbocycles. The van der Waals surface area contributed by atoms with Crippen molar-refractivity contribution in [1.82, 2.24) is 9.80 Å². The van der Waals surface area contributed by atoms with Crippen molar-refractivity contribution in [3.8, 4) is 0 Å². The number of hydrogen-bond donors (Lipinski definition) is 0. The van der Waals surface area contributed by atoms with Crippen molar-refractivity contribution < 1.29 is 14.0 Å². The molecule has 6 heteroatoms. The van der Waals surface area contributed by atoms with Gasteiger partial charge in [-0.05, 0) is 51.8 Å². The van der Waals surface area contributed by atoms with E-state index in [9.17, 15) is 14.0 Å². The van der Waals surface area contributed by atoms with Crippen molar-refractivity contribution in [3.05, 3.63) is 30.1 Å². The highest BCUT2D eigenvalue weighted by atomic mass is 19.1.